The van der Waals surface area contributed by atoms with Crippen LogP contribution in [0.4, 0.5) is 5.95 Å². The molecule has 0 unspecified atom stereocenters. The SMILES string of the molecule is Nc1ncc(-c2cccc3nccn23)cn1. The summed E-state index contributed by atoms with van der Waals surface area (Å²) in [5.74, 6) is 0.279. The van der Waals surface area contributed by atoms with E-state index in [1.807, 2.05) is 28.8 Å². The lowest BCUT2D eigenvalue weighted by molar-refractivity contribution is 1.14. The topological polar surface area (TPSA) is 69.1 Å². The predicted octanol–water partition coefficient (Wildman–Crippen LogP) is 1.37. The van der Waals surface area contributed by atoms with E-state index in [0.29, 0.717) is 0 Å². The van der Waals surface area contributed by atoms with E-state index >= 15 is 0 Å². The Balaban J connectivity index is 2.25. The van der Waals surface area contributed by atoms with Gasteiger partial charge in [-0.15, -0.1) is 0 Å². The number of nitrogens with zero attached hydrogens (tertiary/aromatic N) is 4. The third-order valence-corrected chi connectivity index (χ3v) is 2.40. The van der Waals surface area contributed by atoms with E-state index in [1.54, 1.807) is 18.6 Å². The van der Waals surface area contributed by atoms with E-state index in [2.05, 4.69) is 15.0 Å². The summed E-state index contributed by atoms with van der Waals surface area (Å²) in [6.07, 6.45) is 7.08. The van der Waals surface area contributed by atoms with Crippen LogP contribution in [0.25, 0.3) is 16.9 Å². The summed E-state index contributed by atoms with van der Waals surface area (Å²) in [6, 6.07) is 5.89. The Kier molecular flexibility index (Phi) is 1.83. The molecule has 0 aliphatic carbocycles. The fourth-order valence-electron chi connectivity index (χ4n) is 1.65. The van der Waals surface area contributed by atoms with Crippen LogP contribution >= 0.6 is 0 Å². The first-order valence-electron chi connectivity index (χ1n) is 4.84. The highest BCUT2D eigenvalue weighted by Gasteiger charge is 2.03. The van der Waals surface area contributed by atoms with Crippen LogP contribution < -0.4 is 5.73 Å². The second-order valence-corrected chi connectivity index (χ2v) is 3.40. The summed E-state index contributed by atoms with van der Waals surface area (Å²) < 4.78 is 1.98. The Morgan fingerprint density at radius 2 is 1.88 bits per heavy atom. The van der Waals surface area contributed by atoms with Crippen molar-refractivity contribution in [1.29, 1.82) is 0 Å². The van der Waals surface area contributed by atoms with Crippen LogP contribution in [0, 0.1) is 0 Å². The summed E-state index contributed by atoms with van der Waals surface area (Å²) in [6.45, 7) is 0. The Bertz CT molecular complexity index is 626. The van der Waals surface area contributed by atoms with Gasteiger partial charge >= 0.3 is 0 Å². The molecule has 5 heteroatoms. The second-order valence-electron chi connectivity index (χ2n) is 3.40. The van der Waals surface area contributed by atoms with Crippen LogP contribution in [0.15, 0.2) is 43.0 Å². The minimum Gasteiger partial charge on any atom is -0.368 e. The number of imidazole rings is 1. The maximum absolute atomic E-state index is 5.46. The highest BCUT2D eigenvalue weighted by molar-refractivity contribution is 5.62. The molecule has 0 atom stereocenters. The molecule has 0 saturated carbocycles. The van der Waals surface area contributed by atoms with E-state index < -0.39 is 0 Å². The summed E-state index contributed by atoms with van der Waals surface area (Å²) in [4.78, 5) is 12.2. The Labute approximate surface area is 91.6 Å². The highest BCUT2D eigenvalue weighted by Crippen LogP contribution is 2.18. The van der Waals surface area contributed by atoms with Gasteiger partial charge in [0.25, 0.3) is 0 Å². The molecular weight excluding hydrogens is 202 g/mol. The molecule has 3 aromatic rings. The molecule has 0 aromatic carbocycles. The van der Waals surface area contributed by atoms with Gasteiger partial charge in [0, 0.05) is 30.4 Å². The molecule has 5 nitrogen and oxygen atoms in total. The minimum absolute atomic E-state index is 0.279. The number of anilines is 1. The number of hydrogen-bond donors (Lipinski definition) is 1. The van der Waals surface area contributed by atoms with E-state index in [0.717, 1.165) is 16.9 Å². The van der Waals surface area contributed by atoms with Crippen LogP contribution in [0.3, 0.4) is 0 Å². The van der Waals surface area contributed by atoms with Gasteiger partial charge < -0.3 is 5.73 Å². The van der Waals surface area contributed by atoms with Gasteiger partial charge in [-0.1, -0.05) is 6.07 Å². The van der Waals surface area contributed by atoms with Crippen LogP contribution in [0.2, 0.25) is 0 Å². The zero-order valence-electron chi connectivity index (χ0n) is 8.41. The molecule has 3 aromatic heterocycles. The molecule has 16 heavy (non-hydrogen) atoms. The van der Waals surface area contributed by atoms with Gasteiger partial charge in [0.2, 0.25) is 5.95 Å². The minimum atomic E-state index is 0.279. The Morgan fingerprint density at radius 3 is 2.69 bits per heavy atom. The fraction of sp³-hybridized carbons (Fsp3) is 0. The molecule has 0 aliphatic rings. The third kappa shape index (κ3) is 1.30. The Hall–Kier alpha value is -2.43. The number of hydrogen-bond acceptors (Lipinski definition) is 4. The normalized spacial score (nSPS) is 10.8. The van der Waals surface area contributed by atoms with Gasteiger partial charge in [-0.3, -0.25) is 4.40 Å². The molecular formula is C11H9N5. The smallest absolute Gasteiger partial charge is 0.219 e. The van der Waals surface area contributed by atoms with Crippen molar-refractivity contribution in [2.75, 3.05) is 5.73 Å². The number of rotatable bonds is 1. The molecule has 3 heterocycles. The summed E-state index contributed by atoms with van der Waals surface area (Å²) in [7, 11) is 0. The lowest BCUT2D eigenvalue weighted by Crippen LogP contribution is -1.96. The first-order valence-corrected chi connectivity index (χ1v) is 4.84. The number of aromatic nitrogens is 4. The van der Waals surface area contributed by atoms with E-state index in [9.17, 15) is 0 Å². The first-order chi connectivity index (χ1) is 7.84. The molecule has 78 valence electrons. The molecule has 3 rings (SSSR count). The van der Waals surface area contributed by atoms with Crippen LogP contribution in [-0.4, -0.2) is 19.4 Å². The lowest BCUT2D eigenvalue weighted by Gasteiger charge is -2.04. The van der Waals surface area contributed by atoms with Crippen molar-refractivity contribution in [2.24, 2.45) is 0 Å². The standard InChI is InChI=1S/C11H9N5/c12-11-14-6-8(7-15-11)9-2-1-3-10-13-4-5-16(9)10/h1-7H,(H2,12,14,15). The maximum Gasteiger partial charge on any atom is 0.219 e. The van der Waals surface area contributed by atoms with Gasteiger partial charge in [-0.25, -0.2) is 15.0 Å². The number of pyridine rings is 1. The van der Waals surface area contributed by atoms with Crippen molar-refractivity contribution < 1.29 is 0 Å². The fourth-order valence-corrected chi connectivity index (χ4v) is 1.65. The van der Waals surface area contributed by atoms with Crippen molar-refractivity contribution in [2.45, 2.75) is 0 Å². The molecule has 0 aliphatic heterocycles. The van der Waals surface area contributed by atoms with Crippen molar-refractivity contribution >= 4 is 11.6 Å². The van der Waals surface area contributed by atoms with E-state index in [-0.39, 0.29) is 5.95 Å². The molecule has 2 N–H and O–H groups in total. The number of nitrogens with two attached hydrogens (primary N) is 1. The number of nitrogen functional groups attached to an aromatic ring is 1. The van der Waals surface area contributed by atoms with Gasteiger partial charge in [0.15, 0.2) is 0 Å². The highest BCUT2D eigenvalue weighted by atomic mass is 15.0. The van der Waals surface area contributed by atoms with Gasteiger partial charge in [0.1, 0.15) is 5.65 Å². The average Bonchev–Trinajstić information content (AvgIpc) is 2.78. The lowest BCUT2D eigenvalue weighted by atomic mass is 10.2. The van der Waals surface area contributed by atoms with Crippen LogP contribution in [0.1, 0.15) is 0 Å². The van der Waals surface area contributed by atoms with Crippen LogP contribution in [-0.2, 0) is 0 Å². The quantitative estimate of drug-likeness (QED) is 0.660. The zero-order chi connectivity index (χ0) is 11.0. The molecule has 0 fully saturated rings. The second kappa shape index (κ2) is 3.30. The predicted molar refractivity (Wildman–Crippen MR) is 60.6 cm³/mol. The van der Waals surface area contributed by atoms with Crippen LogP contribution in [0.5, 0.6) is 0 Å². The van der Waals surface area contributed by atoms with E-state index in [1.165, 1.54) is 0 Å². The molecule has 0 amide bonds. The third-order valence-electron chi connectivity index (χ3n) is 2.40. The molecule has 0 bridgehead atoms. The van der Waals surface area contributed by atoms with Gasteiger partial charge in [-0.05, 0) is 12.1 Å². The van der Waals surface area contributed by atoms with E-state index in [4.69, 9.17) is 5.73 Å². The molecule has 0 radical (unpaired) electrons. The summed E-state index contributed by atoms with van der Waals surface area (Å²) >= 11 is 0. The summed E-state index contributed by atoms with van der Waals surface area (Å²) in [5.41, 5.74) is 8.26. The largest absolute Gasteiger partial charge is 0.368 e. The van der Waals surface area contributed by atoms with Gasteiger partial charge in [-0.2, -0.15) is 0 Å². The van der Waals surface area contributed by atoms with Crippen molar-refractivity contribution in [3.8, 4) is 11.3 Å². The van der Waals surface area contributed by atoms with Crippen molar-refractivity contribution in [3.05, 3.63) is 43.0 Å². The van der Waals surface area contributed by atoms with Gasteiger partial charge in [0.05, 0.1) is 5.69 Å². The average molecular weight is 211 g/mol. The first kappa shape index (κ1) is 8.84. The Morgan fingerprint density at radius 1 is 1.06 bits per heavy atom. The number of fused-ring (bicyclic) bond motifs is 1. The monoisotopic (exact) mass is 211 g/mol. The van der Waals surface area contributed by atoms with Crippen molar-refractivity contribution in [3.63, 3.8) is 0 Å². The zero-order valence-corrected chi connectivity index (χ0v) is 8.41. The molecule has 0 spiro atoms. The van der Waals surface area contributed by atoms with Crippen molar-refractivity contribution in [1.82, 2.24) is 19.4 Å². The summed E-state index contributed by atoms with van der Waals surface area (Å²) in [5, 5.41) is 0. The maximum atomic E-state index is 5.46. The molecule has 0 saturated heterocycles.